The summed E-state index contributed by atoms with van der Waals surface area (Å²) in [7, 11) is -2.97. The SMILES string of the molecule is Cc1cc(C(=O)CSc2nnc(C3CC3)n2C2CC2)c(C)n1[C@@H]1CCS(=O)(=O)C1. The molecule has 1 saturated heterocycles. The number of aryl methyl sites for hydroxylation is 1. The zero-order chi connectivity index (χ0) is 20.3. The molecule has 29 heavy (non-hydrogen) atoms. The summed E-state index contributed by atoms with van der Waals surface area (Å²) in [5.74, 6) is 2.43. The number of thioether (sulfide) groups is 1. The molecule has 0 spiro atoms. The molecule has 0 radical (unpaired) electrons. The summed E-state index contributed by atoms with van der Waals surface area (Å²) >= 11 is 1.47. The fraction of sp³-hybridized carbons (Fsp3) is 0.650. The number of Topliss-reactive ketones (excluding diaryl/α,β-unsaturated/α-hetero) is 1. The van der Waals surface area contributed by atoms with Crippen LogP contribution in [0, 0.1) is 13.8 Å². The average molecular weight is 435 g/mol. The van der Waals surface area contributed by atoms with E-state index in [1.807, 2.05) is 24.5 Å². The number of hydrogen-bond acceptors (Lipinski definition) is 6. The summed E-state index contributed by atoms with van der Waals surface area (Å²) in [5.41, 5.74) is 2.52. The second-order valence-corrected chi connectivity index (χ2v) is 11.8. The van der Waals surface area contributed by atoms with E-state index in [1.54, 1.807) is 0 Å². The van der Waals surface area contributed by atoms with Crippen LogP contribution in [0.2, 0.25) is 0 Å². The van der Waals surface area contributed by atoms with Crippen LogP contribution in [0.15, 0.2) is 11.2 Å². The Hall–Kier alpha value is -1.61. The minimum Gasteiger partial charge on any atom is -0.344 e. The summed E-state index contributed by atoms with van der Waals surface area (Å²) in [6.45, 7) is 3.88. The lowest BCUT2D eigenvalue weighted by Gasteiger charge is -2.16. The molecule has 2 saturated carbocycles. The molecule has 0 amide bonds. The molecule has 3 fully saturated rings. The molecule has 2 aromatic rings. The van der Waals surface area contributed by atoms with Crippen molar-refractivity contribution in [3.63, 3.8) is 0 Å². The van der Waals surface area contributed by atoms with Crippen molar-refractivity contribution in [2.45, 2.75) is 69.1 Å². The van der Waals surface area contributed by atoms with Gasteiger partial charge in [-0.15, -0.1) is 10.2 Å². The molecule has 156 valence electrons. The monoisotopic (exact) mass is 434 g/mol. The van der Waals surface area contributed by atoms with Gasteiger partial charge in [0, 0.05) is 35.0 Å². The second kappa shape index (κ2) is 6.97. The summed E-state index contributed by atoms with van der Waals surface area (Å²) in [5, 5.41) is 9.65. The number of carbonyl (C=O) groups is 1. The standard InChI is InChI=1S/C20H26N4O3S2/c1-12-9-17(13(2)23(12)16-7-8-29(26,27)11-16)18(25)10-28-20-22-21-19(14-3-4-14)24(20)15-5-6-15/h9,14-16H,3-8,10-11H2,1-2H3/t16-/m1/s1. The Morgan fingerprint density at radius 2 is 1.86 bits per heavy atom. The second-order valence-electron chi connectivity index (χ2n) is 8.64. The molecule has 9 heteroatoms. The van der Waals surface area contributed by atoms with Gasteiger partial charge in [-0.3, -0.25) is 4.79 Å². The number of hydrogen-bond donors (Lipinski definition) is 0. The van der Waals surface area contributed by atoms with Crippen LogP contribution in [0.5, 0.6) is 0 Å². The quantitative estimate of drug-likeness (QED) is 0.491. The molecule has 1 aliphatic heterocycles. The number of aromatic nitrogens is 4. The average Bonchev–Trinajstić information content (AvgIpc) is 3.59. The van der Waals surface area contributed by atoms with Crippen molar-refractivity contribution in [1.29, 1.82) is 0 Å². The van der Waals surface area contributed by atoms with Crippen LogP contribution >= 0.6 is 11.8 Å². The number of sulfone groups is 1. The number of carbonyl (C=O) groups excluding carboxylic acids is 1. The Kier molecular flexibility index (Phi) is 4.66. The van der Waals surface area contributed by atoms with Crippen LogP contribution in [0.4, 0.5) is 0 Å². The highest BCUT2D eigenvalue weighted by Gasteiger charge is 2.36. The van der Waals surface area contributed by atoms with Gasteiger partial charge in [0.05, 0.1) is 17.3 Å². The molecule has 2 aromatic heterocycles. The zero-order valence-electron chi connectivity index (χ0n) is 16.8. The van der Waals surface area contributed by atoms with Crippen molar-refractivity contribution >= 4 is 27.4 Å². The molecule has 3 heterocycles. The number of rotatable bonds is 7. The molecule has 7 nitrogen and oxygen atoms in total. The van der Waals surface area contributed by atoms with Crippen LogP contribution in [0.3, 0.4) is 0 Å². The van der Waals surface area contributed by atoms with Gasteiger partial charge in [-0.1, -0.05) is 11.8 Å². The first-order valence-corrected chi connectivity index (χ1v) is 13.1. The van der Waals surface area contributed by atoms with Crippen molar-refractivity contribution in [2.24, 2.45) is 0 Å². The number of nitrogens with zero attached hydrogens (tertiary/aromatic N) is 4. The van der Waals surface area contributed by atoms with Crippen molar-refractivity contribution in [3.8, 4) is 0 Å². The topological polar surface area (TPSA) is 86.8 Å². The third kappa shape index (κ3) is 3.67. The molecule has 0 aromatic carbocycles. The van der Waals surface area contributed by atoms with Gasteiger partial charge in [0.1, 0.15) is 5.82 Å². The van der Waals surface area contributed by atoms with Gasteiger partial charge in [-0.2, -0.15) is 0 Å². The summed E-state index contributed by atoms with van der Waals surface area (Å²) < 4.78 is 28.1. The van der Waals surface area contributed by atoms with E-state index >= 15 is 0 Å². The van der Waals surface area contributed by atoms with Crippen molar-refractivity contribution < 1.29 is 13.2 Å². The molecular weight excluding hydrogens is 408 g/mol. The Labute approximate surface area is 175 Å². The highest BCUT2D eigenvalue weighted by molar-refractivity contribution is 7.99. The highest BCUT2D eigenvalue weighted by atomic mass is 32.2. The van der Waals surface area contributed by atoms with E-state index in [9.17, 15) is 13.2 Å². The fourth-order valence-electron chi connectivity index (χ4n) is 4.49. The maximum atomic E-state index is 13.0. The van der Waals surface area contributed by atoms with E-state index in [2.05, 4.69) is 14.8 Å². The molecular formula is C20H26N4O3S2. The smallest absolute Gasteiger partial charge is 0.191 e. The van der Waals surface area contributed by atoms with Gasteiger partial charge in [0.15, 0.2) is 20.8 Å². The summed E-state index contributed by atoms with van der Waals surface area (Å²) in [6.07, 6.45) is 5.35. The Balaban J connectivity index is 1.33. The normalized spacial score (nSPS) is 23.6. The Bertz CT molecular complexity index is 1080. The third-order valence-electron chi connectivity index (χ3n) is 6.24. The molecule has 1 atom stereocenters. The lowest BCUT2D eigenvalue weighted by atomic mass is 10.2. The molecule has 3 aliphatic rings. The zero-order valence-corrected chi connectivity index (χ0v) is 18.4. The van der Waals surface area contributed by atoms with Gasteiger partial charge in [0.25, 0.3) is 0 Å². The van der Waals surface area contributed by atoms with Crippen LogP contribution in [0.1, 0.15) is 77.7 Å². The van der Waals surface area contributed by atoms with E-state index in [1.165, 1.54) is 37.4 Å². The van der Waals surface area contributed by atoms with Crippen molar-refractivity contribution in [3.05, 3.63) is 28.8 Å². The van der Waals surface area contributed by atoms with Crippen LogP contribution in [-0.4, -0.2) is 50.8 Å². The Morgan fingerprint density at radius 1 is 1.10 bits per heavy atom. The maximum Gasteiger partial charge on any atom is 0.191 e. The minimum atomic E-state index is -2.97. The van der Waals surface area contributed by atoms with Gasteiger partial charge in [-0.25, -0.2) is 8.42 Å². The predicted molar refractivity (Wildman–Crippen MR) is 112 cm³/mol. The van der Waals surface area contributed by atoms with Gasteiger partial charge >= 0.3 is 0 Å². The largest absolute Gasteiger partial charge is 0.344 e. The maximum absolute atomic E-state index is 13.0. The number of ketones is 1. The third-order valence-corrected chi connectivity index (χ3v) is 8.93. The first-order valence-electron chi connectivity index (χ1n) is 10.3. The van der Waals surface area contributed by atoms with Gasteiger partial charge in [0.2, 0.25) is 0 Å². The molecule has 0 N–H and O–H groups in total. The fourth-order valence-corrected chi connectivity index (χ4v) is 7.09. The lowest BCUT2D eigenvalue weighted by Crippen LogP contribution is -2.14. The summed E-state index contributed by atoms with van der Waals surface area (Å²) in [4.78, 5) is 13.0. The van der Waals surface area contributed by atoms with Crippen molar-refractivity contribution in [1.82, 2.24) is 19.3 Å². The first-order chi connectivity index (χ1) is 13.8. The van der Waals surface area contributed by atoms with E-state index < -0.39 is 9.84 Å². The van der Waals surface area contributed by atoms with Crippen LogP contribution in [0.25, 0.3) is 0 Å². The highest BCUT2D eigenvalue weighted by Crippen LogP contribution is 2.46. The molecule has 5 rings (SSSR count). The van der Waals surface area contributed by atoms with Gasteiger partial charge < -0.3 is 9.13 Å². The van der Waals surface area contributed by atoms with Crippen molar-refractivity contribution in [2.75, 3.05) is 17.3 Å². The molecule has 2 aliphatic carbocycles. The van der Waals surface area contributed by atoms with Crippen LogP contribution in [-0.2, 0) is 9.84 Å². The van der Waals surface area contributed by atoms with E-state index in [4.69, 9.17) is 0 Å². The molecule has 0 bridgehead atoms. The Morgan fingerprint density at radius 3 is 2.48 bits per heavy atom. The lowest BCUT2D eigenvalue weighted by molar-refractivity contribution is 0.102. The predicted octanol–water partition coefficient (Wildman–Crippen LogP) is 3.24. The van der Waals surface area contributed by atoms with E-state index in [0.717, 1.165) is 22.4 Å². The molecule has 0 unspecified atom stereocenters. The van der Waals surface area contributed by atoms with E-state index in [-0.39, 0.29) is 23.3 Å². The summed E-state index contributed by atoms with van der Waals surface area (Å²) in [6, 6.07) is 2.35. The van der Waals surface area contributed by atoms with E-state index in [0.29, 0.717) is 29.7 Å². The minimum absolute atomic E-state index is 0.0618. The first kappa shape index (κ1) is 19.4. The van der Waals surface area contributed by atoms with Gasteiger partial charge in [-0.05, 0) is 52.0 Å². The van der Waals surface area contributed by atoms with Crippen LogP contribution < -0.4 is 0 Å².